The molecule has 5 amide bonds. The number of nitrogens with zero attached hydrogens (tertiary/aromatic N) is 1. The number of fused-ring (bicyclic) bond motifs is 4. The molecule has 0 spiro atoms. The van der Waals surface area contributed by atoms with Gasteiger partial charge in [0.25, 0.3) is 10.0 Å². The standard InChI is InChI=1S/C57H74N8O12S/c1-32(2)47(52(69)63-45(31-76-56(6,7)8)51(68)62-44(53(70)71)27-36-19-12-11-13-20-36)64-50(67)43(61-46(66)29-60-55(72)75-30-42-39-23-16-14-21-37(39)38-22-15-17-24-40(38)42)25-18-26-59-54(58)65-78(73,74)49-34(4)33(3)48-41(35(49)5)28-57(9,10)77-48/h11-17,19-24,32,42-45,47H,18,25-31H2,1-10H3,(H,60,72)(H,61,66)(H,62,68)(H,63,69)(H,64,67)(H,70,71)(H3,58,59,65)/t43-,44-,45-,47-/m0/s1. The third-order valence-corrected chi connectivity index (χ3v) is 15.2. The van der Waals surface area contributed by atoms with E-state index in [9.17, 15) is 42.3 Å². The van der Waals surface area contributed by atoms with Gasteiger partial charge in [0.1, 0.15) is 48.7 Å². The molecule has 0 saturated heterocycles. The van der Waals surface area contributed by atoms with E-state index in [1.807, 2.05) is 62.4 Å². The second-order valence-electron chi connectivity index (χ2n) is 21.7. The molecule has 0 fully saturated rings. The molecule has 0 unspecified atom stereocenters. The fourth-order valence-corrected chi connectivity index (χ4v) is 11.1. The molecular weight excluding hydrogens is 1020 g/mol. The molecule has 78 heavy (non-hydrogen) atoms. The summed E-state index contributed by atoms with van der Waals surface area (Å²) in [4.78, 5) is 85.5. The van der Waals surface area contributed by atoms with Crippen LogP contribution in [0.1, 0.15) is 106 Å². The van der Waals surface area contributed by atoms with E-state index in [0.29, 0.717) is 34.4 Å². The van der Waals surface area contributed by atoms with Gasteiger partial charge in [0.2, 0.25) is 29.6 Å². The zero-order chi connectivity index (χ0) is 57.3. The number of carbonyl (C=O) groups excluding carboxylic acids is 5. The molecule has 1 aliphatic heterocycles. The molecule has 0 radical (unpaired) electrons. The quantitative estimate of drug-likeness (QED) is 0.0277. The van der Waals surface area contributed by atoms with Gasteiger partial charge < -0.3 is 51.6 Å². The Morgan fingerprint density at radius 1 is 0.795 bits per heavy atom. The number of nitrogens with two attached hydrogens (primary N) is 1. The van der Waals surface area contributed by atoms with Crippen LogP contribution in [-0.4, -0.2) is 117 Å². The van der Waals surface area contributed by atoms with Crippen molar-refractivity contribution in [1.29, 1.82) is 0 Å². The normalized spacial score (nSPS) is 15.3. The molecule has 0 aromatic heterocycles. The van der Waals surface area contributed by atoms with Crippen LogP contribution < -0.4 is 41.8 Å². The fraction of sp³-hybridized carbons (Fsp3) is 0.456. The largest absolute Gasteiger partial charge is 0.487 e. The first-order valence-electron chi connectivity index (χ1n) is 26.0. The van der Waals surface area contributed by atoms with Gasteiger partial charge >= 0.3 is 12.1 Å². The Hall–Kier alpha value is -7.52. The molecule has 21 heteroatoms. The smallest absolute Gasteiger partial charge is 0.407 e. The lowest BCUT2D eigenvalue weighted by atomic mass is 9.94. The molecule has 4 aromatic carbocycles. The number of amides is 5. The fourth-order valence-electron chi connectivity index (χ4n) is 9.57. The maximum absolute atomic E-state index is 14.3. The van der Waals surface area contributed by atoms with Gasteiger partial charge in [-0.3, -0.25) is 24.2 Å². The van der Waals surface area contributed by atoms with Crippen molar-refractivity contribution < 1.29 is 56.5 Å². The summed E-state index contributed by atoms with van der Waals surface area (Å²) in [5.41, 5.74) is 12.1. The predicted octanol–water partition coefficient (Wildman–Crippen LogP) is 4.97. The number of rotatable bonds is 23. The molecule has 0 saturated carbocycles. The number of hydrogen-bond acceptors (Lipinski definition) is 12. The van der Waals surface area contributed by atoms with E-state index in [-0.39, 0.29) is 49.8 Å². The lowest BCUT2D eigenvalue weighted by Crippen LogP contribution is -2.60. The van der Waals surface area contributed by atoms with Crippen LogP contribution in [0.5, 0.6) is 5.75 Å². The summed E-state index contributed by atoms with van der Waals surface area (Å²) in [5, 5.41) is 23.0. The number of carboxylic acids is 1. The van der Waals surface area contributed by atoms with Crippen molar-refractivity contribution in [3.63, 3.8) is 0 Å². The molecule has 2 aliphatic rings. The van der Waals surface area contributed by atoms with Crippen molar-refractivity contribution in [1.82, 2.24) is 31.3 Å². The van der Waals surface area contributed by atoms with Gasteiger partial charge in [-0.2, -0.15) is 0 Å². The van der Waals surface area contributed by atoms with E-state index in [2.05, 4.69) is 36.3 Å². The Morgan fingerprint density at radius 2 is 1.38 bits per heavy atom. The Morgan fingerprint density at radius 3 is 1.99 bits per heavy atom. The molecule has 4 atom stereocenters. The van der Waals surface area contributed by atoms with Crippen LogP contribution in [0.4, 0.5) is 4.79 Å². The first kappa shape index (κ1) is 59.7. The van der Waals surface area contributed by atoms with Crippen LogP contribution in [0, 0.1) is 26.7 Å². The van der Waals surface area contributed by atoms with Gasteiger partial charge in [-0.15, -0.1) is 0 Å². The summed E-state index contributed by atoms with van der Waals surface area (Å²) in [6.45, 7) is 16.5. The molecule has 0 bridgehead atoms. The van der Waals surface area contributed by atoms with E-state index >= 15 is 0 Å². The van der Waals surface area contributed by atoms with Crippen molar-refractivity contribution in [3.05, 3.63) is 118 Å². The topological polar surface area (TPSA) is 295 Å². The Balaban J connectivity index is 1.15. The third kappa shape index (κ3) is 15.4. The molecule has 20 nitrogen and oxygen atoms in total. The number of ether oxygens (including phenoxy) is 3. The molecule has 4 aromatic rings. The van der Waals surface area contributed by atoms with Crippen LogP contribution in [0.2, 0.25) is 0 Å². The van der Waals surface area contributed by atoms with Crippen LogP contribution in [0.3, 0.4) is 0 Å². The number of hydrogen-bond donors (Lipinski definition) is 8. The summed E-state index contributed by atoms with van der Waals surface area (Å²) < 4.78 is 47.7. The van der Waals surface area contributed by atoms with Crippen molar-refractivity contribution in [2.75, 3.05) is 26.3 Å². The number of nitrogens with one attached hydrogen (secondary N) is 6. The van der Waals surface area contributed by atoms with Crippen LogP contribution in [0.15, 0.2) is 88.8 Å². The van der Waals surface area contributed by atoms with E-state index in [1.54, 1.807) is 85.7 Å². The van der Waals surface area contributed by atoms with Crippen LogP contribution in [-0.2, 0) is 56.3 Å². The number of sulfonamides is 1. The van der Waals surface area contributed by atoms with E-state index in [4.69, 9.17) is 19.9 Å². The molecule has 1 heterocycles. The number of carboxylic acid groups (broad SMARTS) is 1. The van der Waals surface area contributed by atoms with Gasteiger partial charge in [-0.1, -0.05) is 92.7 Å². The second-order valence-corrected chi connectivity index (χ2v) is 23.3. The zero-order valence-electron chi connectivity index (χ0n) is 46.0. The Kier molecular flexibility index (Phi) is 19.4. The molecule has 1 aliphatic carbocycles. The molecule has 420 valence electrons. The highest BCUT2D eigenvalue weighted by atomic mass is 32.2. The van der Waals surface area contributed by atoms with Gasteiger partial charge in [0, 0.05) is 30.9 Å². The predicted molar refractivity (Wildman–Crippen MR) is 294 cm³/mol. The second kappa shape index (κ2) is 25.3. The van der Waals surface area contributed by atoms with Crippen molar-refractivity contribution in [2.45, 2.75) is 141 Å². The van der Waals surface area contributed by atoms with Crippen molar-refractivity contribution in [2.24, 2.45) is 16.6 Å². The van der Waals surface area contributed by atoms with Gasteiger partial charge in [0.05, 0.1) is 17.1 Å². The van der Waals surface area contributed by atoms with Crippen molar-refractivity contribution >= 4 is 51.7 Å². The first-order chi connectivity index (χ1) is 36.7. The number of benzene rings is 4. The minimum atomic E-state index is -4.24. The summed E-state index contributed by atoms with van der Waals surface area (Å²) in [5.74, 6) is -5.14. The average Bonchev–Trinajstić information content (AvgIpc) is 3.89. The summed E-state index contributed by atoms with van der Waals surface area (Å²) in [7, 11) is -4.24. The van der Waals surface area contributed by atoms with Crippen LogP contribution in [0.25, 0.3) is 11.1 Å². The lowest BCUT2D eigenvalue weighted by Gasteiger charge is -2.29. The first-order valence-corrected chi connectivity index (χ1v) is 27.5. The summed E-state index contributed by atoms with van der Waals surface area (Å²) in [6, 6.07) is 18.9. The number of alkyl carbamates (subject to hydrolysis) is 1. The number of aliphatic carboxylic acids is 1. The van der Waals surface area contributed by atoms with E-state index in [1.165, 1.54) is 0 Å². The van der Waals surface area contributed by atoms with Gasteiger partial charge in [-0.05, 0) is 119 Å². The maximum atomic E-state index is 14.3. The minimum absolute atomic E-state index is 0.0108. The highest BCUT2D eigenvalue weighted by molar-refractivity contribution is 7.90. The van der Waals surface area contributed by atoms with E-state index < -0.39 is 99.5 Å². The Labute approximate surface area is 456 Å². The number of aliphatic imine (C=N–C) groups is 1. The monoisotopic (exact) mass is 1090 g/mol. The summed E-state index contributed by atoms with van der Waals surface area (Å²) >= 11 is 0. The average molecular weight is 1100 g/mol. The molecule has 6 rings (SSSR count). The Bertz CT molecular complexity index is 2980. The third-order valence-electron chi connectivity index (χ3n) is 13.6. The number of guanidine groups is 1. The van der Waals surface area contributed by atoms with E-state index in [0.717, 1.165) is 27.8 Å². The SMILES string of the molecule is Cc1c(C)c(S(=O)(=O)NC(N)=NCCC[C@H](NC(=O)CNC(=O)OCC2c3ccccc3-c3ccccc32)C(=O)N[C@H](C(=O)N[C@@H](COC(C)(C)C)C(=O)N[C@@H](Cc2ccccc2)C(=O)O)C(C)C)c(C)c2c1OC(C)(C)C2. The summed E-state index contributed by atoms with van der Waals surface area (Å²) in [6.07, 6.45) is -0.466. The highest BCUT2D eigenvalue weighted by Gasteiger charge is 2.38. The lowest BCUT2D eigenvalue weighted by molar-refractivity contribution is -0.143. The number of carbonyl (C=O) groups is 6. The van der Waals surface area contributed by atoms with Gasteiger partial charge in [0.15, 0.2) is 0 Å². The van der Waals surface area contributed by atoms with Crippen molar-refractivity contribution in [3.8, 4) is 16.9 Å². The molecule has 9 N–H and O–H groups in total. The maximum Gasteiger partial charge on any atom is 0.407 e. The minimum Gasteiger partial charge on any atom is -0.487 e. The van der Waals surface area contributed by atoms with Gasteiger partial charge in [-0.25, -0.2) is 22.7 Å². The van der Waals surface area contributed by atoms with Crippen LogP contribution >= 0.6 is 0 Å². The highest BCUT2D eigenvalue weighted by Crippen LogP contribution is 2.45. The molecular formula is C57H74N8O12S. The zero-order valence-corrected chi connectivity index (χ0v) is 46.8.